The molecule has 3 rings (SSSR count). The zero-order valence-electron chi connectivity index (χ0n) is 16.9. The second-order valence-corrected chi connectivity index (χ2v) is 9.36. The maximum absolute atomic E-state index is 14.4. The van der Waals surface area contributed by atoms with E-state index >= 15 is 0 Å². The van der Waals surface area contributed by atoms with Gasteiger partial charge in [0.05, 0.1) is 17.5 Å². The highest BCUT2D eigenvalue weighted by Gasteiger charge is 2.24. The molecule has 1 aliphatic heterocycles. The molecule has 1 heterocycles. The Balaban J connectivity index is 1.79. The maximum atomic E-state index is 14.4. The maximum Gasteiger partial charge on any atom is 0.321 e. The molecule has 2 aromatic rings. The van der Waals surface area contributed by atoms with E-state index in [2.05, 4.69) is 10.0 Å². The van der Waals surface area contributed by atoms with Gasteiger partial charge >= 0.3 is 6.03 Å². The molecule has 162 valence electrons. The minimum Gasteiger partial charge on any atom is -0.324 e. The van der Waals surface area contributed by atoms with Crippen LogP contribution in [-0.4, -0.2) is 44.7 Å². The standard InChI is InChI=1S/C21H25F2N3O3S/c1-14-8-9-19(16(13-14)20-17(22)6-3-7-18(20)23)24-21(27)26-11-4-5-15(10-12-26)25-30(2,28)29/h3,6-9,13,15,25H,4-5,10-12H2,1-2H3,(H,24,27)/t15-/m0/s1. The zero-order chi connectivity index (χ0) is 21.9. The summed E-state index contributed by atoms with van der Waals surface area (Å²) < 4.78 is 54.2. The molecule has 1 atom stereocenters. The summed E-state index contributed by atoms with van der Waals surface area (Å²) in [7, 11) is -3.31. The summed E-state index contributed by atoms with van der Waals surface area (Å²) in [5.41, 5.74) is 1.19. The second kappa shape index (κ2) is 9.09. The normalized spacial score (nSPS) is 17.5. The van der Waals surface area contributed by atoms with Crippen LogP contribution >= 0.6 is 0 Å². The van der Waals surface area contributed by atoms with E-state index < -0.39 is 27.7 Å². The lowest BCUT2D eigenvalue weighted by Crippen LogP contribution is -2.38. The Kier molecular flexibility index (Phi) is 6.72. The van der Waals surface area contributed by atoms with E-state index in [9.17, 15) is 22.0 Å². The van der Waals surface area contributed by atoms with Gasteiger partial charge in [0.2, 0.25) is 10.0 Å². The quantitative estimate of drug-likeness (QED) is 0.762. The Labute approximate surface area is 175 Å². The first-order valence-corrected chi connectivity index (χ1v) is 11.6. The number of carbonyl (C=O) groups excluding carboxylic acids is 1. The SMILES string of the molecule is Cc1ccc(NC(=O)N2CCC[C@H](NS(C)(=O)=O)CC2)c(-c2c(F)cccc2F)c1. The molecule has 0 bridgehead atoms. The van der Waals surface area contributed by atoms with Gasteiger partial charge in [-0.05, 0) is 50.5 Å². The van der Waals surface area contributed by atoms with Gasteiger partial charge in [0.1, 0.15) is 11.6 Å². The van der Waals surface area contributed by atoms with Gasteiger partial charge in [0, 0.05) is 24.7 Å². The Morgan fingerprint density at radius 3 is 2.47 bits per heavy atom. The van der Waals surface area contributed by atoms with Crippen molar-refractivity contribution in [3.8, 4) is 11.1 Å². The van der Waals surface area contributed by atoms with Crippen molar-refractivity contribution in [3.05, 3.63) is 53.6 Å². The van der Waals surface area contributed by atoms with Crippen LogP contribution in [0.1, 0.15) is 24.8 Å². The van der Waals surface area contributed by atoms with Crippen molar-refractivity contribution in [2.75, 3.05) is 24.7 Å². The van der Waals surface area contributed by atoms with Crippen LogP contribution in [0.15, 0.2) is 36.4 Å². The largest absolute Gasteiger partial charge is 0.324 e. The summed E-state index contributed by atoms with van der Waals surface area (Å²) in [5, 5.41) is 2.77. The fraction of sp³-hybridized carbons (Fsp3) is 0.381. The molecule has 9 heteroatoms. The van der Waals surface area contributed by atoms with E-state index in [1.54, 1.807) is 30.0 Å². The number of urea groups is 1. The Morgan fingerprint density at radius 1 is 1.10 bits per heavy atom. The number of halogens is 2. The first-order valence-electron chi connectivity index (χ1n) is 9.72. The van der Waals surface area contributed by atoms with Gasteiger partial charge in [-0.25, -0.2) is 26.7 Å². The summed E-state index contributed by atoms with van der Waals surface area (Å²) in [5.74, 6) is -1.42. The summed E-state index contributed by atoms with van der Waals surface area (Å²) >= 11 is 0. The first-order chi connectivity index (χ1) is 14.1. The van der Waals surface area contributed by atoms with Gasteiger partial charge in [-0.1, -0.05) is 17.7 Å². The van der Waals surface area contributed by atoms with Gasteiger partial charge in [-0.15, -0.1) is 0 Å². The van der Waals surface area contributed by atoms with Crippen LogP contribution in [0.2, 0.25) is 0 Å². The Hall–Kier alpha value is -2.52. The number of likely N-dealkylation sites (tertiary alicyclic amines) is 1. The highest BCUT2D eigenvalue weighted by molar-refractivity contribution is 7.88. The molecular formula is C21H25F2N3O3S. The molecule has 6 nitrogen and oxygen atoms in total. The molecule has 2 amide bonds. The van der Waals surface area contributed by atoms with E-state index in [1.165, 1.54) is 18.2 Å². The number of hydrogen-bond acceptors (Lipinski definition) is 3. The summed E-state index contributed by atoms with van der Waals surface area (Å²) in [6.45, 7) is 2.63. The lowest BCUT2D eigenvalue weighted by Gasteiger charge is -2.22. The number of anilines is 1. The van der Waals surface area contributed by atoms with Crippen LogP contribution in [0.4, 0.5) is 19.3 Å². The highest BCUT2D eigenvalue weighted by Crippen LogP contribution is 2.33. The molecule has 30 heavy (non-hydrogen) atoms. The van der Waals surface area contributed by atoms with Gasteiger partial charge in [-0.2, -0.15) is 0 Å². The average Bonchev–Trinajstić information content (AvgIpc) is 2.88. The molecule has 2 N–H and O–H groups in total. The van der Waals surface area contributed by atoms with E-state index in [0.29, 0.717) is 38.0 Å². The number of aryl methyl sites for hydroxylation is 1. The fourth-order valence-corrected chi connectivity index (χ4v) is 4.48. The van der Waals surface area contributed by atoms with Crippen molar-refractivity contribution >= 4 is 21.7 Å². The second-order valence-electron chi connectivity index (χ2n) is 7.58. The number of carbonyl (C=O) groups is 1. The monoisotopic (exact) mass is 437 g/mol. The molecule has 1 aliphatic rings. The zero-order valence-corrected chi connectivity index (χ0v) is 17.7. The van der Waals surface area contributed by atoms with E-state index in [1.807, 2.05) is 0 Å². The molecule has 1 saturated heterocycles. The minimum absolute atomic E-state index is 0.190. The van der Waals surface area contributed by atoms with Crippen molar-refractivity contribution in [2.45, 2.75) is 32.2 Å². The van der Waals surface area contributed by atoms with Crippen molar-refractivity contribution in [1.29, 1.82) is 0 Å². The predicted molar refractivity (Wildman–Crippen MR) is 113 cm³/mol. The van der Waals surface area contributed by atoms with Crippen molar-refractivity contribution < 1.29 is 22.0 Å². The number of nitrogens with zero attached hydrogens (tertiary/aromatic N) is 1. The van der Waals surface area contributed by atoms with Gasteiger partial charge in [0.25, 0.3) is 0 Å². The molecule has 0 spiro atoms. The molecule has 0 aromatic heterocycles. The molecule has 0 saturated carbocycles. The highest BCUT2D eigenvalue weighted by atomic mass is 32.2. The summed E-state index contributed by atoms with van der Waals surface area (Å²) in [4.78, 5) is 14.4. The van der Waals surface area contributed by atoms with Crippen LogP contribution in [0.25, 0.3) is 11.1 Å². The van der Waals surface area contributed by atoms with Gasteiger partial charge in [0.15, 0.2) is 0 Å². The first kappa shape index (κ1) is 22.2. The van der Waals surface area contributed by atoms with Crippen molar-refractivity contribution in [1.82, 2.24) is 9.62 Å². The number of rotatable bonds is 4. The number of amides is 2. The summed E-state index contributed by atoms with van der Waals surface area (Å²) in [6, 6.07) is 8.04. The topological polar surface area (TPSA) is 78.5 Å². The number of nitrogens with one attached hydrogen (secondary N) is 2. The molecule has 0 aliphatic carbocycles. The van der Waals surface area contributed by atoms with Gasteiger partial charge in [-0.3, -0.25) is 0 Å². The Morgan fingerprint density at radius 2 is 1.80 bits per heavy atom. The van der Waals surface area contributed by atoms with Crippen molar-refractivity contribution in [3.63, 3.8) is 0 Å². The van der Waals surface area contributed by atoms with Gasteiger partial charge < -0.3 is 10.2 Å². The predicted octanol–water partition coefficient (Wildman–Crippen LogP) is 3.88. The van der Waals surface area contributed by atoms with E-state index in [-0.39, 0.29) is 17.2 Å². The average molecular weight is 438 g/mol. The molecule has 0 unspecified atom stereocenters. The van der Waals surface area contributed by atoms with Crippen LogP contribution in [0, 0.1) is 18.6 Å². The third-order valence-electron chi connectivity index (χ3n) is 5.04. The smallest absolute Gasteiger partial charge is 0.321 e. The number of sulfonamides is 1. The third kappa shape index (κ3) is 5.54. The lowest BCUT2D eigenvalue weighted by atomic mass is 10.00. The number of benzene rings is 2. The molecular weight excluding hydrogens is 412 g/mol. The van der Waals surface area contributed by atoms with E-state index in [4.69, 9.17) is 0 Å². The van der Waals surface area contributed by atoms with Crippen molar-refractivity contribution in [2.24, 2.45) is 0 Å². The van der Waals surface area contributed by atoms with Crippen LogP contribution in [-0.2, 0) is 10.0 Å². The molecule has 2 aromatic carbocycles. The fourth-order valence-electron chi connectivity index (χ4n) is 3.64. The molecule has 1 fully saturated rings. The Bertz CT molecular complexity index is 1020. The van der Waals surface area contributed by atoms with Crippen LogP contribution in [0.3, 0.4) is 0 Å². The van der Waals surface area contributed by atoms with Crippen LogP contribution in [0.5, 0.6) is 0 Å². The summed E-state index contributed by atoms with van der Waals surface area (Å²) in [6.07, 6.45) is 2.88. The van der Waals surface area contributed by atoms with E-state index in [0.717, 1.165) is 11.8 Å². The minimum atomic E-state index is -3.31. The number of hydrogen-bond donors (Lipinski definition) is 2. The lowest BCUT2D eigenvalue weighted by molar-refractivity contribution is 0.213. The van der Waals surface area contributed by atoms with Crippen LogP contribution < -0.4 is 10.0 Å². The molecule has 0 radical (unpaired) electrons. The third-order valence-corrected chi connectivity index (χ3v) is 5.81.